The van der Waals surface area contributed by atoms with Gasteiger partial charge >= 0.3 is 0 Å². The van der Waals surface area contributed by atoms with Crippen molar-refractivity contribution in [3.63, 3.8) is 0 Å². The van der Waals surface area contributed by atoms with E-state index in [4.69, 9.17) is 9.47 Å². The van der Waals surface area contributed by atoms with E-state index in [1.165, 1.54) is 11.1 Å². The van der Waals surface area contributed by atoms with Crippen LogP contribution in [0.25, 0.3) is 10.9 Å². The second kappa shape index (κ2) is 7.38. The number of halogens is 1. The highest BCUT2D eigenvalue weighted by molar-refractivity contribution is 9.10. The van der Waals surface area contributed by atoms with Crippen LogP contribution in [0.15, 0.2) is 34.9 Å². The fraction of sp³-hybridized carbons (Fsp3) is 0.526. The quantitative estimate of drug-likeness (QED) is 0.789. The third-order valence-electron chi connectivity index (χ3n) is 5.05. The maximum absolute atomic E-state index is 6.13. The summed E-state index contributed by atoms with van der Waals surface area (Å²) in [7, 11) is 0. The zero-order valence-corrected chi connectivity index (χ0v) is 15.4. The van der Waals surface area contributed by atoms with Crippen LogP contribution in [-0.2, 0) is 9.47 Å². The minimum absolute atomic E-state index is 0.390. The molecular formula is C19H23BrN2O2. The molecule has 2 fully saturated rings. The lowest BCUT2D eigenvalue weighted by Crippen LogP contribution is -2.37. The van der Waals surface area contributed by atoms with Crippen molar-refractivity contribution in [1.82, 2.24) is 4.98 Å². The summed E-state index contributed by atoms with van der Waals surface area (Å²) in [6.45, 7) is 4.71. The Hall–Kier alpha value is -1.17. The predicted molar refractivity (Wildman–Crippen MR) is 99.6 cm³/mol. The van der Waals surface area contributed by atoms with E-state index < -0.39 is 0 Å². The lowest BCUT2D eigenvalue weighted by Gasteiger charge is -2.34. The Labute approximate surface area is 151 Å². The standard InChI is InChI=1S/C19H23BrN2O2/c20-15-1-2-18-17(11-15)19(3-7-21-18)22-8-4-16(5-9-22)24-13-14-6-10-23-12-14/h1-3,7,11,14,16H,4-6,8-10,12-13H2. The minimum Gasteiger partial charge on any atom is -0.381 e. The van der Waals surface area contributed by atoms with Crippen LogP contribution in [0.3, 0.4) is 0 Å². The fourth-order valence-electron chi connectivity index (χ4n) is 3.63. The van der Waals surface area contributed by atoms with Crippen molar-refractivity contribution in [3.8, 4) is 0 Å². The van der Waals surface area contributed by atoms with E-state index in [1.54, 1.807) is 0 Å². The number of aromatic nitrogens is 1. The van der Waals surface area contributed by atoms with Gasteiger partial charge in [0.05, 0.1) is 24.8 Å². The van der Waals surface area contributed by atoms with Crippen LogP contribution >= 0.6 is 15.9 Å². The molecule has 4 nitrogen and oxygen atoms in total. The monoisotopic (exact) mass is 390 g/mol. The summed E-state index contributed by atoms with van der Waals surface area (Å²) in [6.07, 6.45) is 5.63. The number of piperidine rings is 1. The molecular weight excluding hydrogens is 368 g/mol. The molecule has 0 aliphatic carbocycles. The lowest BCUT2D eigenvalue weighted by molar-refractivity contribution is 0.0132. The van der Waals surface area contributed by atoms with Gasteiger partial charge in [-0.15, -0.1) is 0 Å². The van der Waals surface area contributed by atoms with Gasteiger partial charge in [0.15, 0.2) is 0 Å². The van der Waals surface area contributed by atoms with E-state index in [9.17, 15) is 0 Å². The Kier molecular flexibility index (Phi) is 5.01. The second-order valence-electron chi connectivity index (χ2n) is 6.74. The first-order valence-electron chi connectivity index (χ1n) is 8.78. The molecule has 4 rings (SSSR count). The molecule has 5 heteroatoms. The van der Waals surface area contributed by atoms with Crippen LogP contribution in [0.4, 0.5) is 5.69 Å². The van der Waals surface area contributed by atoms with Gasteiger partial charge in [0, 0.05) is 47.4 Å². The molecule has 128 valence electrons. The summed E-state index contributed by atoms with van der Waals surface area (Å²) in [5.41, 5.74) is 2.33. The van der Waals surface area contributed by atoms with Crippen molar-refractivity contribution in [2.45, 2.75) is 25.4 Å². The van der Waals surface area contributed by atoms with E-state index in [0.717, 1.165) is 62.2 Å². The molecule has 3 heterocycles. The first-order valence-corrected chi connectivity index (χ1v) is 9.57. The molecule has 24 heavy (non-hydrogen) atoms. The molecule has 2 aliphatic heterocycles. The van der Waals surface area contributed by atoms with Crippen molar-refractivity contribution in [1.29, 1.82) is 0 Å². The highest BCUT2D eigenvalue weighted by Crippen LogP contribution is 2.30. The lowest BCUT2D eigenvalue weighted by atomic mass is 10.0. The molecule has 0 saturated carbocycles. The number of anilines is 1. The average molecular weight is 391 g/mol. The summed E-state index contributed by atoms with van der Waals surface area (Å²) in [5.74, 6) is 0.601. The number of ether oxygens (including phenoxy) is 2. The van der Waals surface area contributed by atoms with Crippen molar-refractivity contribution in [2.24, 2.45) is 5.92 Å². The molecule has 2 aliphatic rings. The van der Waals surface area contributed by atoms with E-state index in [1.807, 2.05) is 12.3 Å². The molecule has 0 N–H and O–H groups in total. The zero-order chi connectivity index (χ0) is 16.4. The van der Waals surface area contributed by atoms with Gasteiger partial charge in [-0.05, 0) is 43.5 Å². The molecule has 0 bridgehead atoms. The largest absolute Gasteiger partial charge is 0.381 e. The summed E-state index contributed by atoms with van der Waals surface area (Å²) in [6, 6.07) is 8.42. The number of fused-ring (bicyclic) bond motifs is 1. The van der Waals surface area contributed by atoms with Crippen molar-refractivity contribution >= 4 is 32.5 Å². The van der Waals surface area contributed by atoms with Crippen LogP contribution < -0.4 is 4.90 Å². The Bertz CT molecular complexity index is 695. The van der Waals surface area contributed by atoms with Gasteiger partial charge in [0.25, 0.3) is 0 Å². The molecule has 0 spiro atoms. The molecule has 1 unspecified atom stereocenters. The Balaban J connectivity index is 1.39. The van der Waals surface area contributed by atoms with Gasteiger partial charge in [-0.25, -0.2) is 0 Å². The maximum atomic E-state index is 6.13. The van der Waals surface area contributed by atoms with E-state index >= 15 is 0 Å². The number of pyridine rings is 1. The summed E-state index contributed by atoms with van der Waals surface area (Å²) in [4.78, 5) is 6.95. The van der Waals surface area contributed by atoms with Gasteiger partial charge in [0.2, 0.25) is 0 Å². The Morgan fingerprint density at radius 2 is 2.08 bits per heavy atom. The number of hydrogen-bond acceptors (Lipinski definition) is 4. The molecule has 2 aromatic rings. The van der Waals surface area contributed by atoms with Crippen LogP contribution in [0.5, 0.6) is 0 Å². The third kappa shape index (κ3) is 3.58. The third-order valence-corrected chi connectivity index (χ3v) is 5.55. The van der Waals surface area contributed by atoms with Gasteiger partial charge in [0.1, 0.15) is 0 Å². The highest BCUT2D eigenvalue weighted by atomic mass is 79.9. The number of hydrogen-bond donors (Lipinski definition) is 0. The molecule has 1 aromatic heterocycles. The maximum Gasteiger partial charge on any atom is 0.0723 e. The highest BCUT2D eigenvalue weighted by Gasteiger charge is 2.23. The van der Waals surface area contributed by atoms with Gasteiger partial charge in [-0.3, -0.25) is 4.98 Å². The van der Waals surface area contributed by atoms with Crippen molar-refractivity contribution < 1.29 is 9.47 Å². The Morgan fingerprint density at radius 1 is 1.21 bits per heavy atom. The first kappa shape index (κ1) is 16.3. The summed E-state index contributed by atoms with van der Waals surface area (Å²) < 4.78 is 12.7. The molecule has 2 saturated heterocycles. The topological polar surface area (TPSA) is 34.6 Å². The van der Waals surface area contributed by atoms with Crippen LogP contribution in [-0.4, -0.2) is 44.0 Å². The fourth-order valence-corrected chi connectivity index (χ4v) is 3.99. The van der Waals surface area contributed by atoms with Gasteiger partial charge in [-0.1, -0.05) is 15.9 Å². The predicted octanol–water partition coefficient (Wildman–Crippen LogP) is 4.02. The zero-order valence-electron chi connectivity index (χ0n) is 13.8. The van der Waals surface area contributed by atoms with Gasteiger partial charge in [-0.2, -0.15) is 0 Å². The summed E-state index contributed by atoms with van der Waals surface area (Å²) in [5, 5.41) is 1.22. The number of rotatable bonds is 4. The average Bonchev–Trinajstić information content (AvgIpc) is 3.13. The van der Waals surface area contributed by atoms with Crippen LogP contribution in [0.2, 0.25) is 0 Å². The second-order valence-corrected chi connectivity index (χ2v) is 7.66. The molecule has 1 aromatic carbocycles. The SMILES string of the molecule is Brc1ccc2nccc(N3CCC(OCC4CCOC4)CC3)c2c1. The van der Waals surface area contributed by atoms with Crippen molar-refractivity contribution in [2.75, 3.05) is 37.8 Å². The van der Waals surface area contributed by atoms with Crippen LogP contribution in [0.1, 0.15) is 19.3 Å². The number of nitrogens with zero attached hydrogens (tertiary/aromatic N) is 2. The number of benzene rings is 1. The van der Waals surface area contributed by atoms with E-state index in [0.29, 0.717) is 12.0 Å². The van der Waals surface area contributed by atoms with Crippen LogP contribution in [0, 0.1) is 5.92 Å². The minimum atomic E-state index is 0.390. The van der Waals surface area contributed by atoms with Gasteiger partial charge < -0.3 is 14.4 Å². The first-order chi connectivity index (χ1) is 11.8. The van der Waals surface area contributed by atoms with E-state index in [2.05, 4.69) is 44.0 Å². The normalized spacial score (nSPS) is 22.4. The smallest absolute Gasteiger partial charge is 0.0723 e. The summed E-state index contributed by atoms with van der Waals surface area (Å²) >= 11 is 3.58. The molecule has 0 radical (unpaired) electrons. The molecule has 0 amide bonds. The molecule has 1 atom stereocenters. The van der Waals surface area contributed by atoms with Crippen molar-refractivity contribution in [3.05, 3.63) is 34.9 Å². The Morgan fingerprint density at radius 3 is 2.88 bits per heavy atom. The van der Waals surface area contributed by atoms with E-state index in [-0.39, 0.29) is 0 Å².